The molecule has 112 valence electrons. The maximum Gasteiger partial charge on any atom is 0.408 e. The first kappa shape index (κ1) is 16.3. The summed E-state index contributed by atoms with van der Waals surface area (Å²) < 4.78 is 36.8. The van der Waals surface area contributed by atoms with Gasteiger partial charge in [-0.1, -0.05) is 11.6 Å². The molecule has 0 saturated heterocycles. The minimum absolute atomic E-state index is 0.00490. The Morgan fingerprint density at radius 1 is 1.50 bits per heavy atom. The van der Waals surface area contributed by atoms with Gasteiger partial charge in [0.1, 0.15) is 11.6 Å². The highest BCUT2D eigenvalue weighted by Gasteiger charge is 2.29. The second-order valence-corrected chi connectivity index (χ2v) is 4.47. The van der Waals surface area contributed by atoms with E-state index in [0.29, 0.717) is 0 Å². The van der Waals surface area contributed by atoms with Gasteiger partial charge in [0, 0.05) is 14.1 Å². The summed E-state index contributed by atoms with van der Waals surface area (Å²) in [4.78, 5) is 24.2. The van der Waals surface area contributed by atoms with Crippen molar-refractivity contribution < 1.29 is 18.0 Å². The molecule has 6 nitrogen and oxygen atoms in total. The van der Waals surface area contributed by atoms with Crippen molar-refractivity contribution in [2.24, 2.45) is 0 Å². The number of alkyl halides is 3. The van der Waals surface area contributed by atoms with Crippen LogP contribution >= 0.6 is 11.6 Å². The Bertz CT molecular complexity index is 556. The monoisotopic (exact) mass is 312 g/mol. The number of rotatable bonds is 4. The average Bonchev–Trinajstić information content (AvgIpc) is 2.32. The zero-order chi connectivity index (χ0) is 15.5. The van der Waals surface area contributed by atoms with E-state index in [1.54, 1.807) is 0 Å². The summed E-state index contributed by atoms with van der Waals surface area (Å²) in [5, 5.41) is 5.46. The lowest BCUT2D eigenvalue weighted by atomic mass is 10.4. The summed E-state index contributed by atoms with van der Waals surface area (Å²) in [6.45, 7) is -1.68. The maximum absolute atomic E-state index is 12.2. The molecule has 10 heteroatoms. The molecule has 1 N–H and O–H groups in total. The van der Waals surface area contributed by atoms with Crippen LogP contribution in [0.1, 0.15) is 0 Å². The van der Waals surface area contributed by atoms with Crippen molar-refractivity contribution in [1.82, 2.24) is 14.7 Å². The van der Waals surface area contributed by atoms with E-state index in [4.69, 9.17) is 11.6 Å². The van der Waals surface area contributed by atoms with E-state index in [-0.39, 0.29) is 22.8 Å². The first-order valence-electron chi connectivity index (χ1n) is 5.38. The molecule has 0 radical (unpaired) electrons. The number of carbonyl (C=O) groups is 1. The van der Waals surface area contributed by atoms with E-state index in [1.807, 2.05) is 0 Å². The van der Waals surface area contributed by atoms with Crippen LogP contribution in [0.3, 0.4) is 0 Å². The number of likely N-dealkylation sites (N-methyl/N-ethyl adjacent to an activating group) is 1. The molecule has 0 bridgehead atoms. The summed E-state index contributed by atoms with van der Waals surface area (Å²) in [6.07, 6.45) is -3.60. The van der Waals surface area contributed by atoms with Gasteiger partial charge in [-0.2, -0.15) is 18.3 Å². The van der Waals surface area contributed by atoms with Crippen molar-refractivity contribution >= 4 is 23.2 Å². The fraction of sp³-hybridized carbons (Fsp3) is 0.500. The molecule has 0 aliphatic heterocycles. The Hall–Kier alpha value is -1.77. The predicted octanol–water partition coefficient (Wildman–Crippen LogP) is 0.959. The number of hydrogen-bond acceptors (Lipinski definition) is 4. The summed E-state index contributed by atoms with van der Waals surface area (Å²) in [7, 11) is 3.07. The molecule has 1 aromatic heterocycles. The third kappa shape index (κ3) is 4.41. The fourth-order valence-electron chi connectivity index (χ4n) is 1.20. The van der Waals surface area contributed by atoms with Crippen LogP contribution in [-0.2, 0) is 11.3 Å². The quantitative estimate of drug-likeness (QED) is 0.899. The minimum Gasteiger partial charge on any atom is -0.373 e. The van der Waals surface area contributed by atoms with Crippen LogP contribution in [-0.4, -0.2) is 47.4 Å². The Morgan fingerprint density at radius 3 is 2.60 bits per heavy atom. The Morgan fingerprint density at radius 2 is 2.10 bits per heavy atom. The molecule has 1 rings (SSSR count). The molecule has 1 heterocycles. The normalized spacial score (nSPS) is 11.3. The minimum atomic E-state index is -4.57. The zero-order valence-electron chi connectivity index (χ0n) is 10.7. The molecule has 0 aliphatic carbocycles. The van der Waals surface area contributed by atoms with Gasteiger partial charge in [-0.15, -0.1) is 0 Å². The number of hydrogen-bond donors (Lipinski definition) is 1. The number of halogens is 4. The topological polar surface area (TPSA) is 67.2 Å². The second kappa shape index (κ2) is 6.12. The van der Waals surface area contributed by atoms with Gasteiger partial charge in [0.15, 0.2) is 0 Å². The van der Waals surface area contributed by atoms with Crippen LogP contribution in [0.4, 0.5) is 18.9 Å². The highest BCUT2D eigenvalue weighted by molar-refractivity contribution is 6.33. The largest absolute Gasteiger partial charge is 0.408 e. The van der Waals surface area contributed by atoms with E-state index in [0.717, 1.165) is 6.20 Å². The molecule has 1 aromatic rings. The van der Waals surface area contributed by atoms with Gasteiger partial charge >= 0.3 is 6.18 Å². The molecular formula is C10H12ClF3N4O2. The molecular weight excluding hydrogens is 301 g/mol. The van der Waals surface area contributed by atoms with E-state index in [2.05, 4.69) is 10.4 Å². The summed E-state index contributed by atoms with van der Waals surface area (Å²) >= 11 is 5.66. The Balaban J connectivity index is 2.90. The number of carbonyl (C=O) groups excluding carboxylic acids is 1. The highest BCUT2D eigenvalue weighted by atomic mass is 35.5. The number of amides is 1. The predicted molar refractivity (Wildman–Crippen MR) is 66.7 cm³/mol. The van der Waals surface area contributed by atoms with Crippen LogP contribution in [0.15, 0.2) is 11.0 Å². The maximum atomic E-state index is 12.2. The summed E-state index contributed by atoms with van der Waals surface area (Å²) in [5.41, 5.74) is -1.07. The smallest absolute Gasteiger partial charge is 0.373 e. The van der Waals surface area contributed by atoms with E-state index < -0.39 is 23.3 Å². The van der Waals surface area contributed by atoms with Crippen molar-refractivity contribution in [1.29, 1.82) is 0 Å². The molecule has 0 fully saturated rings. The highest BCUT2D eigenvalue weighted by Crippen LogP contribution is 2.18. The molecule has 0 saturated carbocycles. The Labute approximate surface area is 117 Å². The lowest BCUT2D eigenvalue weighted by Gasteiger charge is -2.13. The molecule has 0 aromatic carbocycles. The zero-order valence-corrected chi connectivity index (χ0v) is 11.4. The van der Waals surface area contributed by atoms with Gasteiger partial charge in [0.25, 0.3) is 5.56 Å². The third-order valence-corrected chi connectivity index (χ3v) is 2.61. The first-order chi connectivity index (χ1) is 9.11. The van der Waals surface area contributed by atoms with Crippen molar-refractivity contribution in [3.05, 3.63) is 21.6 Å². The lowest BCUT2D eigenvalue weighted by Crippen LogP contribution is -2.32. The van der Waals surface area contributed by atoms with Crippen LogP contribution in [0, 0.1) is 0 Å². The molecule has 0 atom stereocenters. The van der Waals surface area contributed by atoms with Crippen LogP contribution in [0.25, 0.3) is 0 Å². The van der Waals surface area contributed by atoms with Gasteiger partial charge in [-0.3, -0.25) is 9.59 Å². The van der Waals surface area contributed by atoms with E-state index in [1.165, 1.54) is 19.0 Å². The molecule has 0 aliphatic rings. The third-order valence-electron chi connectivity index (χ3n) is 2.24. The number of aromatic nitrogens is 2. The number of nitrogens with one attached hydrogen (secondary N) is 1. The average molecular weight is 313 g/mol. The van der Waals surface area contributed by atoms with Crippen LogP contribution in [0.5, 0.6) is 0 Å². The first-order valence-corrected chi connectivity index (χ1v) is 5.76. The molecule has 1 amide bonds. The van der Waals surface area contributed by atoms with Crippen molar-refractivity contribution in [2.75, 3.05) is 26.0 Å². The molecule has 0 unspecified atom stereocenters. The van der Waals surface area contributed by atoms with E-state index in [9.17, 15) is 22.8 Å². The van der Waals surface area contributed by atoms with Gasteiger partial charge in [-0.05, 0) is 0 Å². The standard InChI is InChI=1S/C10H12ClF3N4O2/c1-17(2)7(19)4-15-6-3-16-18(5-10(12,13)14)9(20)8(6)11/h3,15H,4-5H2,1-2H3. The van der Waals surface area contributed by atoms with Gasteiger partial charge in [0.05, 0.1) is 18.4 Å². The molecule has 0 spiro atoms. The number of nitrogens with zero attached hydrogens (tertiary/aromatic N) is 3. The van der Waals surface area contributed by atoms with Gasteiger partial charge in [-0.25, -0.2) is 4.68 Å². The summed E-state index contributed by atoms with van der Waals surface area (Å²) in [5.74, 6) is -0.291. The molecule has 20 heavy (non-hydrogen) atoms. The van der Waals surface area contributed by atoms with Crippen molar-refractivity contribution in [3.63, 3.8) is 0 Å². The summed E-state index contributed by atoms with van der Waals surface area (Å²) in [6, 6.07) is 0. The van der Waals surface area contributed by atoms with Gasteiger partial charge in [0.2, 0.25) is 5.91 Å². The number of anilines is 1. The Kier molecular flexibility index (Phi) is 4.98. The van der Waals surface area contributed by atoms with E-state index >= 15 is 0 Å². The second-order valence-electron chi connectivity index (χ2n) is 4.09. The van der Waals surface area contributed by atoms with Crippen LogP contribution in [0.2, 0.25) is 5.02 Å². The lowest BCUT2D eigenvalue weighted by molar-refractivity contribution is -0.143. The van der Waals surface area contributed by atoms with Crippen molar-refractivity contribution in [3.8, 4) is 0 Å². The van der Waals surface area contributed by atoms with Crippen LogP contribution < -0.4 is 10.9 Å². The fourth-order valence-corrected chi connectivity index (χ4v) is 1.41. The SMILES string of the molecule is CN(C)C(=O)CNc1cnn(CC(F)(F)F)c(=O)c1Cl. The van der Waals surface area contributed by atoms with Crippen molar-refractivity contribution in [2.45, 2.75) is 12.7 Å². The van der Waals surface area contributed by atoms with Gasteiger partial charge < -0.3 is 10.2 Å².